The lowest BCUT2D eigenvalue weighted by atomic mass is 9.88. The number of carbonyl (C=O) groups is 2. The zero-order valence-corrected chi connectivity index (χ0v) is 13.5. The third-order valence-electron chi connectivity index (χ3n) is 4.30. The molecule has 3 rings (SSSR count). The molecule has 0 saturated carbocycles. The number of nitrogens with zero attached hydrogens (tertiary/aromatic N) is 1. The predicted octanol–water partition coefficient (Wildman–Crippen LogP) is 4.08. The number of hydrogen-bond donors (Lipinski definition) is 0. The Bertz CT molecular complexity index is 689. The van der Waals surface area contributed by atoms with Crippen molar-refractivity contribution in [3.05, 3.63) is 70.7 Å². The quantitative estimate of drug-likeness (QED) is 0.797. The van der Waals surface area contributed by atoms with Crippen LogP contribution in [0.3, 0.4) is 0 Å². The van der Waals surface area contributed by atoms with Gasteiger partial charge in [0.25, 0.3) is 5.91 Å². The molecule has 1 fully saturated rings. The molecule has 0 bridgehead atoms. The molecule has 0 N–H and O–H groups in total. The fourth-order valence-corrected chi connectivity index (χ4v) is 3.08. The highest BCUT2D eigenvalue weighted by Gasteiger charge is 2.28. The van der Waals surface area contributed by atoms with Crippen LogP contribution in [0.25, 0.3) is 0 Å². The molecule has 0 aromatic heterocycles. The number of benzene rings is 2. The minimum absolute atomic E-state index is 0.0176. The van der Waals surface area contributed by atoms with Gasteiger partial charge in [-0.25, -0.2) is 0 Å². The highest BCUT2D eigenvalue weighted by molar-refractivity contribution is 6.30. The molecule has 1 amide bonds. The van der Waals surface area contributed by atoms with E-state index in [1.165, 1.54) is 0 Å². The van der Waals surface area contributed by atoms with E-state index in [0.29, 0.717) is 42.1 Å². The number of Topliss-reactive ketones (excluding diaryl/α,β-unsaturated/α-hetero) is 1. The first-order chi connectivity index (χ1) is 11.1. The van der Waals surface area contributed by atoms with Crippen molar-refractivity contribution >= 4 is 23.3 Å². The Kier molecular flexibility index (Phi) is 4.77. The summed E-state index contributed by atoms with van der Waals surface area (Å²) in [5, 5.41) is 0.629. The summed E-state index contributed by atoms with van der Waals surface area (Å²) in [6.07, 6.45) is 1.42. The summed E-state index contributed by atoms with van der Waals surface area (Å²) in [6.45, 7) is 1.25. The molecule has 1 aliphatic heterocycles. The molecular formula is C19H18ClNO2. The summed E-state index contributed by atoms with van der Waals surface area (Å²) < 4.78 is 0. The van der Waals surface area contributed by atoms with Gasteiger partial charge in [-0.05, 0) is 49.2 Å². The van der Waals surface area contributed by atoms with Gasteiger partial charge in [-0.15, -0.1) is 0 Å². The van der Waals surface area contributed by atoms with Crippen molar-refractivity contribution in [2.75, 3.05) is 13.1 Å². The fraction of sp³-hybridized carbons (Fsp3) is 0.263. The first kappa shape index (κ1) is 15.8. The first-order valence-electron chi connectivity index (χ1n) is 7.79. The van der Waals surface area contributed by atoms with Gasteiger partial charge in [0.15, 0.2) is 5.78 Å². The Labute approximate surface area is 140 Å². The van der Waals surface area contributed by atoms with E-state index in [1.807, 2.05) is 35.2 Å². The van der Waals surface area contributed by atoms with Gasteiger partial charge < -0.3 is 4.90 Å². The van der Waals surface area contributed by atoms with Gasteiger partial charge >= 0.3 is 0 Å². The Morgan fingerprint density at radius 2 is 1.48 bits per heavy atom. The normalized spacial score (nSPS) is 15.4. The summed E-state index contributed by atoms with van der Waals surface area (Å²) in [5.41, 5.74) is 1.40. The molecule has 0 unspecified atom stereocenters. The lowest BCUT2D eigenvalue weighted by molar-refractivity contribution is 0.0650. The first-order valence-corrected chi connectivity index (χ1v) is 8.17. The van der Waals surface area contributed by atoms with Crippen LogP contribution in [0.5, 0.6) is 0 Å². The van der Waals surface area contributed by atoms with E-state index in [1.54, 1.807) is 24.3 Å². The maximum Gasteiger partial charge on any atom is 0.253 e. The minimum atomic E-state index is -0.0176. The molecule has 0 radical (unpaired) electrons. The number of rotatable bonds is 3. The van der Waals surface area contributed by atoms with Crippen molar-refractivity contribution in [2.45, 2.75) is 12.8 Å². The standard InChI is InChI=1S/C19H18ClNO2/c20-17-8-6-14(7-9-17)18(22)15-10-12-21(13-11-15)19(23)16-4-2-1-3-5-16/h1-9,15H,10-13H2. The maximum absolute atomic E-state index is 12.5. The summed E-state index contributed by atoms with van der Waals surface area (Å²) in [6, 6.07) is 16.3. The van der Waals surface area contributed by atoms with Crippen LogP contribution in [-0.4, -0.2) is 29.7 Å². The summed E-state index contributed by atoms with van der Waals surface area (Å²) in [4.78, 5) is 26.8. The van der Waals surface area contributed by atoms with E-state index in [2.05, 4.69) is 0 Å². The van der Waals surface area contributed by atoms with Gasteiger partial charge in [-0.2, -0.15) is 0 Å². The van der Waals surface area contributed by atoms with Crippen molar-refractivity contribution in [3.8, 4) is 0 Å². The van der Waals surface area contributed by atoms with Crippen LogP contribution < -0.4 is 0 Å². The van der Waals surface area contributed by atoms with Crippen LogP contribution in [0, 0.1) is 5.92 Å². The molecule has 1 saturated heterocycles. The van der Waals surface area contributed by atoms with E-state index < -0.39 is 0 Å². The van der Waals surface area contributed by atoms with Crippen LogP contribution in [0.2, 0.25) is 5.02 Å². The second kappa shape index (κ2) is 6.97. The lowest BCUT2D eigenvalue weighted by Gasteiger charge is -2.31. The number of amides is 1. The van der Waals surface area contributed by atoms with Crippen molar-refractivity contribution in [3.63, 3.8) is 0 Å². The van der Waals surface area contributed by atoms with Crippen LogP contribution >= 0.6 is 11.6 Å². The van der Waals surface area contributed by atoms with Crippen LogP contribution in [0.4, 0.5) is 0 Å². The monoisotopic (exact) mass is 327 g/mol. The van der Waals surface area contributed by atoms with E-state index in [4.69, 9.17) is 11.6 Å². The third kappa shape index (κ3) is 3.62. The highest BCUT2D eigenvalue weighted by Crippen LogP contribution is 2.23. The lowest BCUT2D eigenvalue weighted by Crippen LogP contribution is -2.40. The van der Waals surface area contributed by atoms with Gasteiger partial charge in [-0.1, -0.05) is 29.8 Å². The molecular weight excluding hydrogens is 310 g/mol. The second-order valence-electron chi connectivity index (χ2n) is 5.80. The van der Waals surface area contributed by atoms with E-state index in [9.17, 15) is 9.59 Å². The summed E-state index contributed by atoms with van der Waals surface area (Å²) in [7, 11) is 0. The fourth-order valence-electron chi connectivity index (χ4n) is 2.96. The topological polar surface area (TPSA) is 37.4 Å². The van der Waals surface area contributed by atoms with Crippen molar-refractivity contribution in [1.29, 1.82) is 0 Å². The molecule has 1 aliphatic rings. The second-order valence-corrected chi connectivity index (χ2v) is 6.24. The smallest absolute Gasteiger partial charge is 0.253 e. The summed E-state index contributed by atoms with van der Waals surface area (Å²) in [5.74, 6) is 0.174. The average molecular weight is 328 g/mol. The van der Waals surface area contributed by atoms with E-state index in [0.717, 1.165) is 0 Å². The van der Waals surface area contributed by atoms with Gasteiger partial charge in [0.2, 0.25) is 0 Å². The van der Waals surface area contributed by atoms with Crippen molar-refractivity contribution < 1.29 is 9.59 Å². The molecule has 118 valence electrons. The number of carbonyl (C=O) groups excluding carboxylic acids is 2. The van der Waals surface area contributed by atoms with Crippen LogP contribution in [0.15, 0.2) is 54.6 Å². The molecule has 0 aliphatic carbocycles. The van der Waals surface area contributed by atoms with Crippen LogP contribution in [-0.2, 0) is 0 Å². The van der Waals surface area contributed by atoms with E-state index in [-0.39, 0.29) is 17.6 Å². The van der Waals surface area contributed by atoms with Gasteiger partial charge in [0, 0.05) is 35.2 Å². The molecule has 23 heavy (non-hydrogen) atoms. The van der Waals surface area contributed by atoms with Gasteiger partial charge in [-0.3, -0.25) is 9.59 Å². The zero-order chi connectivity index (χ0) is 16.2. The molecule has 0 spiro atoms. The third-order valence-corrected chi connectivity index (χ3v) is 4.55. The molecule has 4 heteroatoms. The number of halogens is 1. The van der Waals surface area contributed by atoms with Gasteiger partial charge in [0.1, 0.15) is 0 Å². The minimum Gasteiger partial charge on any atom is -0.339 e. The number of hydrogen-bond acceptors (Lipinski definition) is 2. The van der Waals surface area contributed by atoms with Crippen molar-refractivity contribution in [2.24, 2.45) is 5.92 Å². The van der Waals surface area contributed by atoms with E-state index >= 15 is 0 Å². The number of likely N-dealkylation sites (tertiary alicyclic amines) is 1. The highest BCUT2D eigenvalue weighted by atomic mass is 35.5. The Hall–Kier alpha value is -2.13. The molecule has 0 atom stereocenters. The largest absolute Gasteiger partial charge is 0.339 e. The molecule has 2 aromatic rings. The number of ketones is 1. The number of piperidine rings is 1. The van der Waals surface area contributed by atoms with Crippen LogP contribution in [0.1, 0.15) is 33.6 Å². The van der Waals surface area contributed by atoms with Gasteiger partial charge in [0.05, 0.1) is 0 Å². The summed E-state index contributed by atoms with van der Waals surface area (Å²) >= 11 is 5.86. The predicted molar refractivity (Wildman–Crippen MR) is 90.9 cm³/mol. The maximum atomic E-state index is 12.5. The SMILES string of the molecule is O=C(c1ccc(Cl)cc1)C1CCN(C(=O)c2ccccc2)CC1. The molecule has 2 aromatic carbocycles. The molecule has 3 nitrogen and oxygen atoms in total. The Morgan fingerprint density at radius 1 is 0.870 bits per heavy atom. The molecule has 1 heterocycles. The Balaban J connectivity index is 1.61. The average Bonchev–Trinajstić information content (AvgIpc) is 2.62. The zero-order valence-electron chi connectivity index (χ0n) is 12.7. The Morgan fingerprint density at radius 3 is 2.09 bits per heavy atom. The van der Waals surface area contributed by atoms with Crippen molar-refractivity contribution in [1.82, 2.24) is 4.90 Å².